The predicted octanol–water partition coefficient (Wildman–Crippen LogP) is -0.212. The highest BCUT2D eigenvalue weighted by molar-refractivity contribution is 6.07. The van der Waals surface area contributed by atoms with Gasteiger partial charge in [-0.15, -0.1) is 0 Å². The molecule has 25 heavy (non-hydrogen) atoms. The van der Waals surface area contributed by atoms with Gasteiger partial charge < -0.3 is 5.32 Å². The van der Waals surface area contributed by atoms with Crippen molar-refractivity contribution in [3.05, 3.63) is 49.9 Å². The monoisotopic (exact) mass is 339 g/mol. The number of hydrogen-bond donors (Lipinski definition) is 2. The van der Waals surface area contributed by atoms with Crippen LogP contribution < -0.4 is 16.6 Å². The van der Waals surface area contributed by atoms with Crippen molar-refractivity contribution in [2.75, 3.05) is 5.32 Å². The number of amides is 1. The first kappa shape index (κ1) is 16.1. The number of aromatic amines is 1. The Labute approximate surface area is 140 Å². The summed E-state index contributed by atoms with van der Waals surface area (Å²) in [5, 5.41) is 17.9. The summed E-state index contributed by atoms with van der Waals surface area (Å²) in [5.41, 5.74) is -0.118. The number of aryl methyl sites for hydroxylation is 2. The number of H-pyrrole nitrogens is 1. The second-order valence-electron chi connectivity index (χ2n) is 5.43. The molecule has 10 nitrogen and oxygen atoms in total. The summed E-state index contributed by atoms with van der Waals surface area (Å²) >= 11 is 0. The number of carbonyl (C=O) groups is 1. The van der Waals surface area contributed by atoms with E-state index in [1.165, 1.54) is 31.1 Å². The van der Waals surface area contributed by atoms with Crippen molar-refractivity contribution in [3.8, 4) is 6.07 Å². The van der Waals surface area contributed by atoms with Crippen molar-refractivity contribution >= 4 is 22.8 Å². The molecule has 0 aromatic carbocycles. The lowest BCUT2D eigenvalue weighted by atomic mass is 10.1. The molecule has 3 aromatic heterocycles. The average molecular weight is 339 g/mol. The minimum atomic E-state index is -0.552. The standard InChI is InChI=1S/C15H13N7O3/c1-7-9(13(23)19-11-8(4-16)5-18-20-11)6-17-12-10(7)14(24)22(3)15(25)21(12)2/h5-6H,1-3H3,(H2,18,19,20,23). The number of carbonyl (C=O) groups excluding carboxylic acids is 1. The van der Waals surface area contributed by atoms with E-state index in [2.05, 4.69) is 20.5 Å². The molecular formula is C15H13N7O3. The highest BCUT2D eigenvalue weighted by Crippen LogP contribution is 2.17. The average Bonchev–Trinajstić information content (AvgIpc) is 3.04. The van der Waals surface area contributed by atoms with Gasteiger partial charge in [0, 0.05) is 20.3 Å². The second kappa shape index (κ2) is 5.72. The first-order valence-corrected chi connectivity index (χ1v) is 7.17. The summed E-state index contributed by atoms with van der Waals surface area (Å²) in [6, 6.07) is 1.89. The van der Waals surface area contributed by atoms with Crippen LogP contribution in [0.3, 0.4) is 0 Å². The van der Waals surface area contributed by atoms with Gasteiger partial charge in [-0.1, -0.05) is 0 Å². The van der Waals surface area contributed by atoms with Crippen molar-refractivity contribution in [1.29, 1.82) is 5.26 Å². The molecule has 0 radical (unpaired) electrons. The molecule has 0 unspecified atom stereocenters. The first-order chi connectivity index (χ1) is 11.9. The molecule has 3 heterocycles. The molecule has 0 aliphatic rings. The Morgan fingerprint density at radius 3 is 2.68 bits per heavy atom. The van der Waals surface area contributed by atoms with Crippen LogP contribution in [0.25, 0.3) is 11.0 Å². The zero-order valence-corrected chi connectivity index (χ0v) is 13.6. The van der Waals surface area contributed by atoms with Gasteiger partial charge in [-0.25, -0.2) is 9.78 Å². The molecule has 3 aromatic rings. The minimum absolute atomic E-state index is 0.153. The van der Waals surface area contributed by atoms with E-state index in [1.54, 1.807) is 6.92 Å². The van der Waals surface area contributed by atoms with Crippen LogP contribution in [-0.4, -0.2) is 30.2 Å². The smallest absolute Gasteiger partial charge is 0.306 e. The Kier molecular flexibility index (Phi) is 3.69. The molecule has 0 saturated heterocycles. The summed E-state index contributed by atoms with van der Waals surface area (Å²) in [6.45, 7) is 1.60. The zero-order chi connectivity index (χ0) is 18.3. The van der Waals surface area contributed by atoms with Gasteiger partial charge in [0.2, 0.25) is 0 Å². The molecule has 10 heteroatoms. The number of nitrogens with one attached hydrogen (secondary N) is 2. The van der Waals surface area contributed by atoms with Crippen molar-refractivity contribution in [2.24, 2.45) is 14.1 Å². The molecule has 3 rings (SSSR count). The number of nitrogens with zero attached hydrogens (tertiary/aromatic N) is 5. The van der Waals surface area contributed by atoms with Crippen LogP contribution in [0.2, 0.25) is 0 Å². The molecule has 0 bridgehead atoms. The van der Waals surface area contributed by atoms with E-state index < -0.39 is 17.2 Å². The summed E-state index contributed by atoms with van der Waals surface area (Å²) in [5.74, 6) is -0.399. The molecule has 0 fully saturated rings. The molecule has 0 aliphatic carbocycles. The van der Waals surface area contributed by atoms with E-state index in [9.17, 15) is 14.4 Å². The van der Waals surface area contributed by atoms with Crippen molar-refractivity contribution in [2.45, 2.75) is 6.92 Å². The maximum atomic E-state index is 12.5. The normalized spacial score (nSPS) is 10.6. The van der Waals surface area contributed by atoms with Gasteiger partial charge in [0.1, 0.15) is 23.1 Å². The Morgan fingerprint density at radius 1 is 1.28 bits per heavy atom. The summed E-state index contributed by atoms with van der Waals surface area (Å²) in [6.07, 6.45) is 2.57. The number of hydrogen-bond acceptors (Lipinski definition) is 6. The fraction of sp³-hybridized carbons (Fsp3) is 0.200. The molecule has 0 saturated carbocycles. The van der Waals surface area contributed by atoms with E-state index in [-0.39, 0.29) is 28.0 Å². The Hall–Kier alpha value is -3.74. The van der Waals surface area contributed by atoms with Gasteiger partial charge >= 0.3 is 5.69 Å². The Bertz CT molecular complexity index is 1180. The number of pyridine rings is 1. The lowest BCUT2D eigenvalue weighted by Gasteiger charge is -2.11. The van der Waals surface area contributed by atoms with Gasteiger partial charge in [-0.05, 0) is 12.5 Å². The van der Waals surface area contributed by atoms with Crippen molar-refractivity contribution in [3.63, 3.8) is 0 Å². The van der Waals surface area contributed by atoms with Crippen LogP contribution in [0.1, 0.15) is 21.5 Å². The van der Waals surface area contributed by atoms with Crippen LogP contribution in [0.5, 0.6) is 0 Å². The molecule has 2 N–H and O–H groups in total. The van der Waals surface area contributed by atoms with E-state index >= 15 is 0 Å². The fourth-order valence-corrected chi connectivity index (χ4v) is 2.55. The largest absolute Gasteiger partial charge is 0.332 e. The number of aromatic nitrogens is 5. The van der Waals surface area contributed by atoms with E-state index in [4.69, 9.17) is 5.26 Å². The summed E-state index contributed by atoms with van der Waals surface area (Å²) in [4.78, 5) is 41.0. The van der Waals surface area contributed by atoms with Crippen LogP contribution in [0.15, 0.2) is 22.0 Å². The summed E-state index contributed by atoms with van der Waals surface area (Å²) in [7, 11) is 2.86. The molecule has 126 valence electrons. The molecule has 0 atom stereocenters. The number of rotatable bonds is 2. The van der Waals surface area contributed by atoms with Gasteiger partial charge in [0.15, 0.2) is 0 Å². The third-order valence-electron chi connectivity index (χ3n) is 3.97. The van der Waals surface area contributed by atoms with E-state index in [0.717, 1.165) is 4.57 Å². The van der Waals surface area contributed by atoms with Gasteiger partial charge in [0.05, 0.1) is 17.1 Å². The van der Waals surface area contributed by atoms with Crippen LogP contribution in [0, 0.1) is 18.3 Å². The van der Waals surface area contributed by atoms with Gasteiger partial charge in [-0.2, -0.15) is 10.4 Å². The van der Waals surface area contributed by atoms with Crippen molar-refractivity contribution < 1.29 is 4.79 Å². The second-order valence-corrected chi connectivity index (χ2v) is 5.43. The van der Waals surface area contributed by atoms with Gasteiger partial charge in [-0.3, -0.25) is 23.8 Å². The molecule has 1 amide bonds. The quantitative estimate of drug-likeness (QED) is 0.662. The summed E-state index contributed by atoms with van der Waals surface area (Å²) < 4.78 is 2.20. The molecule has 0 aliphatic heterocycles. The lowest BCUT2D eigenvalue weighted by molar-refractivity contribution is 0.102. The maximum Gasteiger partial charge on any atom is 0.332 e. The molecule has 0 spiro atoms. The highest BCUT2D eigenvalue weighted by Gasteiger charge is 2.19. The van der Waals surface area contributed by atoms with E-state index in [0.29, 0.717) is 5.56 Å². The lowest BCUT2D eigenvalue weighted by Crippen LogP contribution is -2.38. The minimum Gasteiger partial charge on any atom is -0.306 e. The third-order valence-corrected chi connectivity index (χ3v) is 3.97. The van der Waals surface area contributed by atoms with Crippen LogP contribution in [-0.2, 0) is 14.1 Å². The number of nitriles is 1. The number of anilines is 1. The van der Waals surface area contributed by atoms with Crippen LogP contribution >= 0.6 is 0 Å². The first-order valence-electron chi connectivity index (χ1n) is 7.17. The predicted molar refractivity (Wildman–Crippen MR) is 88.2 cm³/mol. The molecular weight excluding hydrogens is 326 g/mol. The fourth-order valence-electron chi connectivity index (χ4n) is 2.55. The highest BCUT2D eigenvalue weighted by atomic mass is 16.2. The maximum absolute atomic E-state index is 12.5. The number of fused-ring (bicyclic) bond motifs is 1. The SMILES string of the molecule is Cc1c(C(=O)Nc2[nH]ncc2C#N)cnc2c1c(=O)n(C)c(=O)n2C. The third kappa shape index (κ3) is 2.38. The van der Waals surface area contributed by atoms with Crippen LogP contribution in [0.4, 0.5) is 5.82 Å². The Balaban J connectivity index is 2.17. The van der Waals surface area contributed by atoms with Gasteiger partial charge in [0.25, 0.3) is 11.5 Å². The van der Waals surface area contributed by atoms with Crippen molar-refractivity contribution in [1.82, 2.24) is 24.3 Å². The zero-order valence-electron chi connectivity index (χ0n) is 13.6. The topological polar surface area (TPSA) is 138 Å². The van der Waals surface area contributed by atoms with E-state index in [1.807, 2.05) is 6.07 Å². The Morgan fingerprint density at radius 2 is 2.00 bits per heavy atom.